The monoisotopic (exact) mass is 333 g/mol. The maximum atomic E-state index is 12.7. The van der Waals surface area contributed by atoms with Gasteiger partial charge in [0.1, 0.15) is 0 Å². The Balaban J connectivity index is 1.92. The van der Waals surface area contributed by atoms with Gasteiger partial charge >= 0.3 is 0 Å². The lowest BCUT2D eigenvalue weighted by Gasteiger charge is -2.41. The van der Waals surface area contributed by atoms with Gasteiger partial charge in [-0.3, -0.25) is 4.79 Å². The Morgan fingerprint density at radius 3 is 2.58 bits per heavy atom. The van der Waals surface area contributed by atoms with Crippen molar-refractivity contribution in [1.82, 2.24) is 5.32 Å². The summed E-state index contributed by atoms with van der Waals surface area (Å²) in [6, 6.07) is 5.89. The van der Waals surface area contributed by atoms with Crippen LogP contribution in [0.4, 0.5) is 0 Å². The Bertz CT molecular complexity index is 568. The minimum Gasteiger partial charge on any atom is -0.493 e. The molecule has 134 valence electrons. The van der Waals surface area contributed by atoms with E-state index in [4.69, 9.17) is 9.47 Å². The predicted octanol–water partition coefficient (Wildman–Crippen LogP) is 3.82. The van der Waals surface area contributed by atoms with E-state index in [1.807, 2.05) is 18.2 Å². The molecule has 0 spiro atoms. The molecule has 2 rings (SSSR count). The van der Waals surface area contributed by atoms with Gasteiger partial charge in [-0.2, -0.15) is 0 Å². The molecule has 0 aromatic heterocycles. The summed E-state index contributed by atoms with van der Waals surface area (Å²) in [4.78, 5) is 12.7. The molecule has 1 aromatic carbocycles. The predicted molar refractivity (Wildman–Crippen MR) is 96.5 cm³/mol. The standard InChI is InChI=1S/C20H31NO3/c1-14-7-6-11-20(2,3)18(14)19(22)21-12-10-15-8-9-16(23-4)17(13-15)24-5/h8-9,13-14,18H,6-7,10-12H2,1-5H3,(H,21,22)/t14-,18-/m0/s1. The second kappa shape index (κ2) is 7.91. The lowest BCUT2D eigenvalue weighted by Crippen LogP contribution is -2.45. The largest absolute Gasteiger partial charge is 0.493 e. The quantitative estimate of drug-likeness (QED) is 0.861. The molecule has 1 saturated carbocycles. The summed E-state index contributed by atoms with van der Waals surface area (Å²) in [5.41, 5.74) is 1.22. The number of carbonyl (C=O) groups is 1. The van der Waals surface area contributed by atoms with E-state index >= 15 is 0 Å². The second-order valence-corrected chi connectivity index (χ2v) is 7.57. The molecule has 0 saturated heterocycles. The highest BCUT2D eigenvalue weighted by molar-refractivity contribution is 5.79. The van der Waals surface area contributed by atoms with Crippen molar-refractivity contribution in [3.05, 3.63) is 23.8 Å². The van der Waals surface area contributed by atoms with Gasteiger partial charge in [-0.1, -0.05) is 33.3 Å². The third kappa shape index (κ3) is 4.22. The van der Waals surface area contributed by atoms with E-state index in [2.05, 4.69) is 26.1 Å². The van der Waals surface area contributed by atoms with Crippen LogP contribution in [0.25, 0.3) is 0 Å². The number of methoxy groups -OCH3 is 2. The van der Waals surface area contributed by atoms with E-state index in [1.165, 1.54) is 6.42 Å². The number of ether oxygens (including phenoxy) is 2. The highest BCUT2D eigenvalue weighted by atomic mass is 16.5. The van der Waals surface area contributed by atoms with Gasteiger partial charge in [0.25, 0.3) is 0 Å². The van der Waals surface area contributed by atoms with Gasteiger partial charge in [0, 0.05) is 12.5 Å². The Morgan fingerprint density at radius 1 is 1.25 bits per heavy atom. The molecule has 0 heterocycles. The van der Waals surface area contributed by atoms with Crippen LogP contribution in [-0.2, 0) is 11.2 Å². The third-order valence-corrected chi connectivity index (χ3v) is 5.33. The van der Waals surface area contributed by atoms with Crippen molar-refractivity contribution in [2.45, 2.75) is 46.5 Å². The minimum atomic E-state index is 0.0884. The van der Waals surface area contributed by atoms with Gasteiger partial charge in [0.2, 0.25) is 5.91 Å². The van der Waals surface area contributed by atoms with Gasteiger partial charge < -0.3 is 14.8 Å². The van der Waals surface area contributed by atoms with Gasteiger partial charge in [-0.15, -0.1) is 0 Å². The van der Waals surface area contributed by atoms with Crippen molar-refractivity contribution < 1.29 is 14.3 Å². The Hall–Kier alpha value is -1.71. The van der Waals surface area contributed by atoms with Gasteiger partial charge in [0.15, 0.2) is 11.5 Å². The van der Waals surface area contributed by atoms with Crippen molar-refractivity contribution in [3.63, 3.8) is 0 Å². The molecule has 1 amide bonds. The molecule has 0 aliphatic heterocycles. The van der Waals surface area contributed by atoms with E-state index in [0.29, 0.717) is 12.5 Å². The maximum Gasteiger partial charge on any atom is 0.223 e. The summed E-state index contributed by atoms with van der Waals surface area (Å²) in [6.07, 6.45) is 4.29. The second-order valence-electron chi connectivity index (χ2n) is 7.57. The molecular weight excluding hydrogens is 302 g/mol. The normalized spacial score (nSPS) is 22.7. The SMILES string of the molecule is COc1ccc(CCNC(=O)[C@@H]2[C@@H](C)CCCC2(C)C)cc1OC. The van der Waals surface area contributed by atoms with E-state index in [0.717, 1.165) is 36.3 Å². The van der Waals surface area contributed by atoms with Crippen LogP contribution in [0, 0.1) is 17.3 Å². The first-order valence-corrected chi connectivity index (χ1v) is 8.87. The molecule has 1 aromatic rings. The average Bonchev–Trinajstić information content (AvgIpc) is 2.53. The van der Waals surface area contributed by atoms with Crippen molar-refractivity contribution in [1.29, 1.82) is 0 Å². The number of hydrogen-bond acceptors (Lipinski definition) is 3. The number of hydrogen-bond donors (Lipinski definition) is 1. The van der Waals surface area contributed by atoms with Crippen LogP contribution in [0.5, 0.6) is 11.5 Å². The molecule has 24 heavy (non-hydrogen) atoms. The van der Waals surface area contributed by atoms with Crippen LogP contribution < -0.4 is 14.8 Å². The Morgan fingerprint density at radius 2 is 1.96 bits per heavy atom. The summed E-state index contributed by atoms with van der Waals surface area (Å²) in [5, 5.41) is 3.14. The zero-order valence-electron chi connectivity index (χ0n) is 15.6. The van der Waals surface area contributed by atoms with Crippen molar-refractivity contribution in [2.24, 2.45) is 17.3 Å². The fourth-order valence-corrected chi connectivity index (χ4v) is 4.06. The smallest absolute Gasteiger partial charge is 0.223 e. The van der Waals surface area contributed by atoms with Crippen LogP contribution in [-0.4, -0.2) is 26.7 Å². The molecule has 1 aliphatic carbocycles. The topological polar surface area (TPSA) is 47.6 Å². The van der Waals surface area contributed by atoms with Crippen LogP contribution in [0.1, 0.15) is 45.6 Å². The van der Waals surface area contributed by atoms with Crippen molar-refractivity contribution >= 4 is 5.91 Å². The fraction of sp³-hybridized carbons (Fsp3) is 0.650. The van der Waals surface area contributed by atoms with Gasteiger partial charge in [-0.25, -0.2) is 0 Å². The first kappa shape index (κ1) is 18.6. The van der Waals surface area contributed by atoms with E-state index in [1.54, 1.807) is 14.2 Å². The number of carbonyl (C=O) groups excluding carboxylic acids is 1. The average molecular weight is 333 g/mol. The number of nitrogens with one attached hydrogen (secondary N) is 1. The Kier molecular flexibility index (Phi) is 6.14. The Labute approximate surface area is 145 Å². The molecule has 1 aliphatic rings. The summed E-state index contributed by atoms with van der Waals surface area (Å²) >= 11 is 0. The fourth-order valence-electron chi connectivity index (χ4n) is 4.06. The summed E-state index contributed by atoms with van der Waals surface area (Å²) in [7, 11) is 3.26. The molecule has 1 fully saturated rings. The highest BCUT2D eigenvalue weighted by Gasteiger charge is 2.41. The molecule has 4 heteroatoms. The van der Waals surface area contributed by atoms with E-state index in [9.17, 15) is 4.79 Å². The number of amides is 1. The van der Waals surface area contributed by atoms with Crippen LogP contribution in [0.2, 0.25) is 0 Å². The summed E-state index contributed by atoms with van der Waals surface area (Å²) < 4.78 is 10.6. The first-order chi connectivity index (χ1) is 11.4. The molecule has 2 atom stereocenters. The zero-order valence-corrected chi connectivity index (χ0v) is 15.6. The molecule has 1 N–H and O–H groups in total. The maximum absolute atomic E-state index is 12.7. The van der Waals surface area contributed by atoms with Crippen molar-refractivity contribution in [3.8, 4) is 11.5 Å². The van der Waals surface area contributed by atoms with Gasteiger partial charge in [-0.05, 0) is 48.3 Å². The molecule has 0 radical (unpaired) electrons. The molecular formula is C20H31NO3. The van der Waals surface area contributed by atoms with Crippen LogP contribution >= 0.6 is 0 Å². The minimum absolute atomic E-state index is 0.0884. The lowest BCUT2D eigenvalue weighted by atomic mass is 9.64. The summed E-state index contributed by atoms with van der Waals surface area (Å²) in [6.45, 7) is 7.30. The number of benzene rings is 1. The molecule has 0 bridgehead atoms. The van der Waals surface area contributed by atoms with Crippen molar-refractivity contribution in [2.75, 3.05) is 20.8 Å². The van der Waals surface area contributed by atoms with Crippen LogP contribution in [0.3, 0.4) is 0 Å². The molecule has 0 unspecified atom stereocenters. The summed E-state index contributed by atoms with van der Waals surface area (Å²) in [5.74, 6) is 2.21. The number of rotatable bonds is 6. The first-order valence-electron chi connectivity index (χ1n) is 8.87. The van der Waals surface area contributed by atoms with E-state index in [-0.39, 0.29) is 17.2 Å². The van der Waals surface area contributed by atoms with Gasteiger partial charge in [0.05, 0.1) is 14.2 Å². The highest BCUT2D eigenvalue weighted by Crippen LogP contribution is 2.43. The molecule has 4 nitrogen and oxygen atoms in total. The zero-order chi connectivity index (χ0) is 17.7. The third-order valence-electron chi connectivity index (χ3n) is 5.33. The van der Waals surface area contributed by atoms with E-state index < -0.39 is 0 Å². The van der Waals surface area contributed by atoms with Crippen LogP contribution in [0.15, 0.2) is 18.2 Å². The lowest BCUT2D eigenvalue weighted by molar-refractivity contribution is -0.132.